The van der Waals surface area contributed by atoms with Crippen LogP contribution in [-0.2, 0) is 14.5 Å². The Labute approximate surface area is 49.1 Å². The van der Waals surface area contributed by atoms with Gasteiger partial charge in [-0.1, -0.05) is 0 Å². The average molecular weight is 138 g/mol. The van der Waals surface area contributed by atoms with Crippen molar-refractivity contribution in [2.24, 2.45) is 0 Å². The van der Waals surface area contributed by atoms with Gasteiger partial charge in [-0.3, -0.25) is 4.18 Å². The summed E-state index contributed by atoms with van der Waals surface area (Å²) in [5, 5.41) is 0. The number of nitrogens with one attached hydrogen (secondary N) is 1. The maximum absolute atomic E-state index is 10.2. The molecule has 4 nitrogen and oxygen atoms in total. The van der Waals surface area contributed by atoms with Gasteiger partial charge in [0.2, 0.25) is 0 Å². The molecule has 0 spiro atoms. The van der Waals surface area contributed by atoms with Crippen LogP contribution in [0.4, 0.5) is 0 Å². The van der Waals surface area contributed by atoms with Crippen LogP contribution in [0.5, 0.6) is 0 Å². The SMILES string of the molecule is [CH2]NS(=O)(=O)OCC. The normalized spacial score (nSPS) is 11.8. The van der Waals surface area contributed by atoms with Gasteiger partial charge in [0.15, 0.2) is 0 Å². The molecule has 0 aliphatic carbocycles. The Morgan fingerprint density at radius 2 is 2.25 bits per heavy atom. The van der Waals surface area contributed by atoms with Crippen LogP contribution in [-0.4, -0.2) is 15.0 Å². The lowest BCUT2D eigenvalue weighted by atomic mass is 10.9. The molecule has 0 rings (SSSR count). The second-order valence-electron chi connectivity index (χ2n) is 1.00. The molecular weight excluding hydrogens is 130 g/mol. The predicted octanol–water partition coefficient (Wildman–Crippen LogP) is -0.351. The van der Waals surface area contributed by atoms with E-state index in [4.69, 9.17) is 0 Å². The molecule has 0 amide bonds. The number of hydrogen-bond donors (Lipinski definition) is 1. The van der Waals surface area contributed by atoms with Crippen molar-refractivity contribution >= 4 is 10.3 Å². The maximum Gasteiger partial charge on any atom is 0.335 e. The highest BCUT2D eigenvalue weighted by Crippen LogP contribution is 1.82. The molecule has 1 radical (unpaired) electrons. The van der Waals surface area contributed by atoms with E-state index in [1.165, 1.54) is 0 Å². The first-order chi connectivity index (χ1) is 3.62. The van der Waals surface area contributed by atoms with Crippen molar-refractivity contribution < 1.29 is 12.6 Å². The van der Waals surface area contributed by atoms with Crippen LogP contribution in [0.1, 0.15) is 6.92 Å². The van der Waals surface area contributed by atoms with E-state index in [2.05, 4.69) is 11.2 Å². The van der Waals surface area contributed by atoms with E-state index >= 15 is 0 Å². The molecule has 0 saturated heterocycles. The van der Waals surface area contributed by atoms with Crippen molar-refractivity contribution in [1.29, 1.82) is 0 Å². The molecule has 8 heavy (non-hydrogen) atoms. The van der Waals surface area contributed by atoms with Gasteiger partial charge in [0.25, 0.3) is 0 Å². The van der Waals surface area contributed by atoms with Crippen molar-refractivity contribution in [3.63, 3.8) is 0 Å². The lowest BCUT2D eigenvalue weighted by Gasteiger charge is -1.96. The number of rotatable bonds is 3. The van der Waals surface area contributed by atoms with Crippen molar-refractivity contribution in [3.05, 3.63) is 7.05 Å². The van der Waals surface area contributed by atoms with Crippen LogP contribution in [0, 0.1) is 7.05 Å². The summed E-state index contributed by atoms with van der Waals surface area (Å²) in [6.07, 6.45) is 0. The second-order valence-corrected chi connectivity index (χ2v) is 2.44. The fraction of sp³-hybridized carbons (Fsp3) is 0.667. The predicted molar refractivity (Wildman–Crippen MR) is 29.0 cm³/mol. The van der Waals surface area contributed by atoms with Gasteiger partial charge in [0.05, 0.1) is 6.61 Å². The van der Waals surface area contributed by atoms with Crippen LogP contribution in [0.3, 0.4) is 0 Å². The van der Waals surface area contributed by atoms with E-state index in [9.17, 15) is 8.42 Å². The first kappa shape index (κ1) is 7.87. The zero-order valence-electron chi connectivity index (χ0n) is 4.55. The summed E-state index contributed by atoms with van der Waals surface area (Å²) in [5.41, 5.74) is 0. The molecule has 0 heterocycles. The largest absolute Gasteiger partial charge is 0.335 e. The molecule has 1 N–H and O–H groups in total. The van der Waals surface area contributed by atoms with Crippen molar-refractivity contribution in [2.75, 3.05) is 6.61 Å². The van der Waals surface area contributed by atoms with E-state index < -0.39 is 10.3 Å². The average Bonchev–Trinajstić information content (AvgIpc) is 1.67. The third-order valence-corrected chi connectivity index (χ3v) is 1.35. The smallest absolute Gasteiger partial charge is 0.258 e. The first-order valence-electron chi connectivity index (χ1n) is 2.05. The highest BCUT2D eigenvalue weighted by atomic mass is 32.2. The molecule has 0 atom stereocenters. The summed E-state index contributed by atoms with van der Waals surface area (Å²) in [6.45, 7) is 1.71. The summed E-state index contributed by atoms with van der Waals surface area (Å²) in [7, 11) is -0.618. The van der Waals surface area contributed by atoms with Crippen molar-refractivity contribution in [2.45, 2.75) is 6.92 Å². The zero-order valence-corrected chi connectivity index (χ0v) is 5.36. The lowest BCUT2D eigenvalue weighted by molar-refractivity contribution is 0.333. The topological polar surface area (TPSA) is 55.4 Å². The summed E-state index contributed by atoms with van der Waals surface area (Å²) in [5.74, 6) is 0. The van der Waals surface area contributed by atoms with E-state index in [-0.39, 0.29) is 6.61 Å². The van der Waals surface area contributed by atoms with Crippen molar-refractivity contribution in [3.8, 4) is 0 Å². The van der Waals surface area contributed by atoms with Crippen LogP contribution < -0.4 is 4.72 Å². The lowest BCUT2D eigenvalue weighted by Crippen LogP contribution is -2.18. The second kappa shape index (κ2) is 3.01. The molecule has 0 fully saturated rings. The molecule has 49 valence electrons. The molecule has 0 aliphatic heterocycles. The zero-order chi connectivity index (χ0) is 6.62. The van der Waals surface area contributed by atoms with Crippen molar-refractivity contribution in [1.82, 2.24) is 4.72 Å². The molecule has 5 heteroatoms. The van der Waals surface area contributed by atoms with Gasteiger partial charge in [-0.05, 0) is 6.92 Å². The first-order valence-corrected chi connectivity index (χ1v) is 3.46. The molecule has 0 aliphatic rings. The molecular formula is C3H8NO3S. The van der Waals surface area contributed by atoms with Crippen LogP contribution in [0.15, 0.2) is 0 Å². The third-order valence-electron chi connectivity index (χ3n) is 0.450. The fourth-order valence-electron chi connectivity index (χ4n) is 0.197. The molecule has 0 aromatic heterocycles. The highest BCUT2D eigenvalue weighted by molar-refractivity contribution is 7.84. The molecule has 0 saturated carbocycles. The minimum atomic E-state index is -3.53. The van der Waals surface area contributed by atoms with Crippen LogP contribution in [0.25, 0.3) is 0 Å². The van der Waals surface area contributed by atoms with E-state index in [0.29, 0.717) is 0 Å². The Bertz CT molecular complexity index is 139. The summed E-state index contributed by atoms with van der Waals surface area (Å²) >= 11 is 0. The summed E-state index contributed by atoms with van der Waals surface area (Å²) in [4.78, 5) is 0. The summed E-state index contributed by atoms with van der Waals surface area (Å²) < 4.78 is 26.3. The van der Waals surface area contributed by atoms with Crippen LogP contribution in [0.2, 0.25) is 0 Å². The Hall–Kier alpha value is -0.130. The summed E-state index contributed by atoms with van der Waals surface area (Å²) in [6, 6.07) is 0. The van der Waals surface area contributed by atoms with E-state index in [1.54, 1.807) is 11.6 Å². The van der Waals surface area contributed by atoms with Gasteiger partial charge in [-0.25, -0.2) is 0 Å². The van der Waals surface area contributed by atoms with Gasteiger partial charge >= 0.3 is 10.3 Å². The van der Waals surface area contributed by atoms with Gasteiger partial charge < -0.3 is 0 Å². The van der Waals surface area contributed by atoms with Gasteiger partial charge in [0, 0.05) is 7.05 Å². The maximum atomic E-state index is 10.2. The molecule has 0 unspecified atom stereocenters. The minimum Gasteiger partial charge on any atom is -0.258 e. The quantitative estimate of drug-likeness (QED) is 0.580. The third kappa shape index (κ3) is 2.95. The molecule has 0 bridgehead atoms. The highest BCUT2D eigenvalue weighted by Gasteiger charge is 2.01. The van der Waals surface area contributed by atoms with E-state index in [0.717, 1.165) is 0 Å². The van der Waals surface area contributed by atoms with Gasteiger partial charge in [-0.15, -0.1) is 0 Å². The minimum absolute atomic E-state index is 0.130. The van der Waals surface area contributed by atoms with Gasteiger partial charge in [-0.2, -0.15) is 13.1 Å². The standard InChI is InChI=1S/C3H8NO3S/c1-3-7-8(5,6)4-2/h4H,2-3H2,1H3. The van der Waals surface area contributed by atoms with E-state index in [1.807, 2.05) is 0 Å². The van der Waals surface area contributed by atoms with Gasteiger partial charge in [0.1, 0.15) is 0 Å². The number of hydrogen-bond acceptors (Lipinski definition) is 3. The Balaban J connectivity index is 3.76. The Kier molecular flexibility index (Phi) is 2.96. The molecule has 0 aromatic rings. The monoisotopic (exact) mass is 138 g/mol. The van der Waals surface area contributed by atoms with Crippen LogP contribution >= 0.6 is 0 Å². The fourth-order valence-corrected chi connectivity index (χ4v) is 0.590. The Morgan fingerprint density at radius 1 is 1.75 bits per heavy atom. The molecule has 0 aromatic carbocycles. The Morgan fingerprint density at radius 3 is 2.38 bits per heavy atom.